The first kappa shape index (κ1) is 13.6. The van der Waals surface area contributed by atoms with Crippen molar-refractivity contribution >= 4 is 17.7 Å². The highest BCUT2D eigenvalue weighted by atomic mass is 19.1. The van der Waals surface area contributed by atoms with Crippen LogP contribution in [-0.2, 0) is 4.79 Å². The first-order valence-electron chi connectivity index (χ1n) is 5.81. The van der Waals surface area contributed by atoms with E-state index in [1.54, 1.807) is 12.1 Å². The van der Waals surface area contributed by atoms with Crippen molar-refractivity contribution < 1.29 is 13.6 Å². The van der Waals surface area contributed by atoms with Crippen molar-refractivity contribution in [1.29, 1.82) is 5.26 Å². The molecule has 0 unspecified atom stereocenters. The lowest BCUT2D eigenvalue weighted by atomic mass is 10.2. The third-order valence-electron chi connectivity index (χ3n) is 2.70. The molecule has 0 radical (unpaired) electrons. The van der Waals surface area contributed by atoms with Gasteiger partial charge in [-0.1, -0.05) is 0 Å². The highest BCUT2D eigenvalue weighted by molar-refractivity contribution is 6.10. The van der Waals surface area contributed by atoms with Gasteiger partial charge in [-0.2, -0.15) is 5.26 Å². The van der Waals surface area contributed by atoms with Gasteiger partial charge >= 0.3 is 0 Å². The van der Waals surface area contributed by atoms with Gasteiger partial charge in [-0.05, 0) is 36.4 Å². The standard InChI is InChI=1S/C15H11FN2O2/c1-18(13-6-4-12(16)5-7-13)15(19)11(10-17)9-14-3-2-8-20-14/h2-9H,1H3/b11-9-. The number of halogens is 1. The van der Waals surface area contributed by atoms with Crippen LogP contribution in [0.15, 0.2) is 52.7 Å². The Bertz CT molecular complexity index is 667. The summed E-state index contributed by atoms with van der Waals surface area (Å²) in [5.41, 5.74) is 0.434. The largest absolute Gasteiger partial charge is 0.465 e. The van der Waals surface area contributed by atoms with Crippen LogP contribution in [0.3, 0.4) is 0 Å². The average molecular weight is 270 g/mol. The second-order valence-corrected chi connectivity index (χ2v) is 4.03. The van der Waals surface area contributed by atoms with Gasteiger partial charge in [0.2, 0.25) is 0 Å². The molecule has 0 aliphatic rings. The normalized spacial score (nSPS) is 10.9. The first-order chi connectivity index (χ1) is 9.61. The monoisotopic (exact) mass is 270 g/mol. The zero-order chi connectivity index (χ0) is 14.5. The molecule has 0 N–H and O–H groups in total. The maximum atomic E-state index is 12.8. The number of furan rings is 1. The van der Waals surface area contributed by atoms with Crippen LogP contribution < -0.4 is 4.90 Å². The van der Waals surface area contributed by atoms with Crippen LogP contribution in [0.1, 0.15) is 5.76 Å². The number of carbonyl (C=O) groups is 1. The van der Waals surface area contributed by atoms with Crippen LogP contribution in [0, 0.1) is 17.1 Å². The third-order valence-corrected chi connectivity index (χ3v) is 2.70. The average Bonchev–Trinajstić information content (AvgIpc) is 2.97. The number of hydrogen-bond acceptors (Lipinski definition) is 3. The van der Waals surface area contributed by atoms with Crippen LogP contribution >= 0.6 is 0 Å². The molecule has 20 heavy (non-hydrogen) atoms. The molecule has 1 aromatic heterocycles. The van der Waals surface area contributed by atoms with Crippen molar-refractivity contribution in [2.75, 3.05) is 11.9 Å². The highest BCUT2D eigenvalue weighted by Crippen LogP contribution is 2.17. The Kier molecular flexibility index (Phi) is 3.96. The van der Waals surface area contributed by atoms with E-state index in [9.17, 15) is 9.18 Å². The number of nitrogens with zero attached hydrogens (tertiary/aromatic N) is 2. The summed E-state index contributed by atoms with van der Waals surface area (Å²) in [5.74, 6) is -0.459. The highest BCUT2D eigenvalue weighted by Gasteiger charge is 2.16. The molecule has 1 heterocycles. The quantitative estimate of drug-likeness (QED) is 0.636. The van der Waals surface area contributed by atoms with Gasteiger partial charge in [-0.15, -0.1) is 0 Å². The minimum atomic E-state index is -0.490. The summed E-state index contributed by atoms with van der Waals surface area (Å²) >= 11 is 0. The minimum absolute atomic E-state index is 0.0632. The Balaban J connectivity index is 2.25. The number of anilines is 1. The van der Waals surface area contributed by atoms with E-state index in [0.717, 1.165) is 0 Å². The number of benzene rings is 1. The molecule has 2 rings (SSSR count). The molecule has 0 fully saturated rings. The smallest absolute Gasteiger partial charge is 0.268 e. The second-order valence-electron chi connectivity index (χ2n) is 4.03. The van der Waals surface area contributed by atoms with Crippen molar-refractivity contribution in [3.05, 3.63) is 59.8 Å². The molecule has 2 aromatic rings. The van der Waals surface area contributed by atoms with E-state index in [-0.39, 0.29) is 11.4 Å². The van der Waals surface area contributed by atoms with Crippen LogP contribution in [0.25, 0.3) is 6.08 Å². The number of likely N-dealkylation sites (N-methyl/N-ethyl adjacent to an activating group) is 1. The Morgan fingerprint density at radius 1 is 1.35 bits per heavy atom. The second kappa shape index (κ2) is 5.85. The fraction of sp³-hybridized carbons (Fsp3) is 0.0667. The van der Waals surface area contributed by atoms with Crippen LogP contribution in [0.2, 0.25) is 0 Å². The molecule has 0 aliphatic heterocycles. The van der Waals surface area contributed by atoms with E-state index in [0.29, 0.717) is 11.4 Å². The third kappa shape index (κ3) is 2.93. The van der Waals surface area contributed by atoms with E-state index in [2.05, 4.69) is 0 Å². The first-order valence-corrected chi connectivity index (χ1v) is 5.81. The summed E-state index contributed by atoms with van der Waals surface area (Å²) in [6, 6.07) is 10.6. The molecule has 4 nitrogen and oxygen atoms in total. The molecule has 5 heteroatoms. The van der Waals surface area contributed by atoms with Crippen LogP contribution in [0.5, 0.6) is 0 Å². The number of nitriles is 1. The van der Waals surface area contributed by atoms with E-state index >= 15 is 0 Å². The van der Waals surface area contributed by atoms with Gasteiger partial charge in [0.25, 0.3) is 5.91 Å². The predicted molar refractivity (Wildman–Crippen MR) is 72.1 cm³/mol. The Labute approximate surface area is 115 Å². The maximum absolute atomic E-state index is 12.8. The number of carbonyl (C=O) groups excluding carboxylic acids is 1. The van der Waals surface area contributed by atoms with Crippen molar-refractivity contribution in [1.82, 2.24) is 0 Å². The van der Waals surface area contributed by atoms with Gasteiger partial charge in [0.05, 0.1) is 6.26 Å². The molecule has 1 amide bonds. The van der Waals surface area contributed by atoms with Crippen molar-refractivity contribution in [3.63, 3.8) is 0 Å². The SMILES string of the molecule is CN(C(=O)/C(C#N)=C\c1ccco1)c1ccc(F)cc1. The van der Waals surface area contributed by atoms with Crippen LogP contribution in [-0.4, -0.2) is 13.0 Å². The number of hydrogen-bond donors (Lipinski definition) is 0. The molecule has 0 spiro atoms. The van der Waals surface area contributed by atoms with Gasteiger partial charge in [0.1, 0.15) is 23.2 Å². The molecule has 0 saturated heterocycles. The molecule has 0 bridgehead atoms. The van der Waals surface area contributed by atoms with E-state index < -0.39 is 5.91 Å². The van der Waals surface area contributed by atoms with E-state index in [1.165, 1.54) is 48.6 Å². The van der Waals surface area contributed by atoms with Crippen molar-refractivity contribution in [2.45, 2.75) is 0 Å². The van der Waals surface area contributed by atoms with Crippen molar-refractivity contribution in [2.24, 2.45) is 0 Å². The molecule has 100 valence electrons. The van der Waals surface area contributed by atoms with Gasteiger partial charge in [0, 0.05) is 18.8 Å². The number of amides is 1. The Hall–Kier alpha value is -2.87. The van der Waals surface area contributed by atoms with E-state index in [1.807, 2.05) is 6.07 Å². The maximum Gasteiger partial charge on any atom is 0.268 e. The van der Waals surface area contributed by atoms with Gasteiger partial charge in [-0.3, -0.25) is 4.79 Å². The summed E-state index contributed by atoms with van der Waals surface area (Å²) in [4.78, 5) is 13.5. The van der Waals surface area contributed by atoms with Crippen LogP contribution in [0.4, 0.5) is 10.1 Å². The van der Waals surface area contributed by atoms with Gasteiger partial charge in [-0.25, -0.2) is 4.39 Å². The lowest BCUT2D eigenvalue weighted by Gasteiger charge is -2.16. The zero-order valence-corrected chi connectivity index (χ0v) is 10.7. The lowest BCUT2D eigenvalue weighted by Crippen LogP contribution is -2.27. The lowest BCUT2D eigenvalue weighted by molar-refractivity contribution is -0.114. The summed E-state index contributed by atoms with van der Waals surface area (Å²) in [5, 5.41) is 9.07. The van der Waals surface area contributed by atoms with Crippen molar-refractivity contribution in [3.8, 4) is 6.07 Å². The molecule has 1 aromatic carbocycles. The fourth-order valence-electron chi connectivity index (χ4n) is 1.62. The van der Waals surface area contributed by atoms with Gasteiger partial charge in [0.15, 0.2) is 0 Å². The molecule has 0 saturated carbocycles. The molecule has 0 aliphatic carbocycles. The summed E-state index contributed by atoms with van der Waals surface area (Å²) in [7, 11) is 1.52. The summed E-state index contributed by atoms with van der Waals surface area (Å²) < 4.78 is 17.9. The predicted octanol–water partition coefficient (Wildman–Crippen LogP) is 2.99. The topological polar surface area (TPSA) is 57.2 Å². The summed E-state index contributed by atoms with van der Waals surface area (Å²) in [6.45, 7) is 0. The zero-order valence-electron chi connectivity index (χ0n) is 10.7. The Morgan fingerprint density at radius 2 is 2.05 bits per heavy atom. The minimum Gasteiger partial charge on any atom is -0.465 e. The van der Waals surface area contributed by atoms with Gasteiger partial charge < -0.3 is 9.32 Å². The fourth-order valence-corrected chi connectivity index (χ4v) is 1.62. The molecule has 0 atom stereocenters. The number of rotatable bonds is 3. The molecular formula is C15H11FN2O2. The Morgan fingerprint density at radius 3 is 2.60 bits per heavy atom. The van der Waals surface area contributed by atoms with E-state index in [4.69, 9.17) is 9.68 Å². The molecular weight excluding hydrogens is 259 g/mol. The summed E-state index contributed by atoms with van der Waals surface area (Å²) in [6.07, 6.45) is 2.82.